The van der Waals surface area contributed by atoms with E-state index in [0.29, 0.717) is 11.2 Å². The van der Waals surface area contributed by atoms with E-state index in [0.717, 1.165) is 11.1 Å². The monoisotopic (exact) mass is 279 g/mol. The summed E-state index contributed by atoms with van der Waals surface area (Å²) in [5.74, 6) is -0.0515. The molecule has 0 saturated heterocycles. The number of aromatic nitrogens is 2. The molecule has 0 radical (unpaired) electrons. The van der Waals surface area contributed by atoms with Gasteiger partial charge in [0.2, 0.25) is 5.91 Å². The van der Waals surface area contributed by atoms with Gasteiger partial charge < -0.3 is 5.32 Å². The van der Waals surface area contributed by atoms with E-state index in [-0.39, 0.29) is 23.9 Å². The van der Waals surface area contributed by atoms with Crippen LogP contribution in [0.1, 0.15) is 25.8 Å². The predicted molar refractivity (Wildman–Crippen MR) is 76.5 cm³/mol. The number of hydrogen-bond acceptors (Lipinski definition) is 4. The van der Waals surface area contributed by atoms with E-state index in [4.69, 9.17) is 0 Å². The molecule has 0 aromatic carbocycles. The lowest BCUT2D eigenvalue weighted by atomic mass is 10.3. The van der Waals surface area contributed by atoms with Crippen molar-refractivity contribution in [2.45, 2.75) is 39.8 Å². The van der Waals surface area contributed by atoms with Crippen LogP contribution in [-0.4, -0.2) is 21.5 Å². The van der Waals surface area contributed by atoms with Crippen molar-refractivity contribution in [3.05, 3.63) is 27.6 Å². The smallest absolute Gasteiger partial charge is 0.271 e. The van der Waals surface area contributed by atoms with E-state index in [1.54, 1.807) is 0 Å². The fourth-order valence-electron chi connectivity index (χ4n) is 1.84. The normalized spacial score (nSPS) is 11.2. The molecule has 0 unspecified atom stereocenters. The number of carbonyl (C=O) groups excluding carboxylic acids is 1. The second kappa shape index (κ2) is 5.52. The largest absolute Gasteiger partial charge is 0.354 e. The van der Waals surface area contributed by atoms with Crippen molar-refractivity contribution in [2.75, 3.05) is 0 Å². The molecule has 2 rings (SSSR count). The molecular formula is C13H17N3O2S. The van der Waals surface area contributed by atoms with Crippen molar-refractivity contribution in [3.8, 4) is 0 Å². The minimum atomic E-state index is -0.0690. The van der Waals surface area contributed by atoms with Crippen LogP contribution in [0.4, 0.5) is 0 Å². The maximum absolute atomic E-state index is 12.2. The maximum atomic E-state index is 12.2. The zero-order valence-corrected chi connectivity index (χ0v) is 12.1. The van der Waals surface area contributed by atoms with Crippen LogP contribution in [-0.2, 0) is 11.3 Å². The molecule has 0 spiro atoms. The summed E-state index contributed by atoms with van der Waals surface area (Å²) in [6, 6.07) is 0.116. The fourth-order valence-corrected chi connectivity index (χ4v) is 2.79. The van der Waals surface area contributed by atoms with E-state index < -0.39 is 0 Å². The number of fused-ring (bicyclic) bond motifs is 1. The summed E-state index contributed by atoms with van der Waals surface area (Å²) in [5.41, 5.74) is 1.71. The van der Waals surface area contributed by atoms with Crippen molar-refractivity contribution in [3.63, 3.8) is 0 Å². The van der Waals surface area contributed by atoms with Crippen LogP contribution >= 0.6 is 11.3 Å². The number of amides is 1. The zero-order chi connectivity index (χ0) is 14.0. The number of nitrogens with zero attached hydrogens (tertiary/aromatic N) is 2. The Hall–Kier alpha value is -1.69. The highest BCUT2D eigenvalue weighted by Gasteiger charge is 2.09. The van der Waals surface area contributed by atoms with Gasteiger partial charge in [-0.05, 0) is 31.7 Å². The molecule has 5 nitrogen and oxygen atoms in total. The molecular weight excluding hydrogens is 262 g/mol. The number of thiophene rings is 1. The SMILES string of the molecule is Cc1csc2c(=O)n(CCC(=O)NC(C)C)cnc12. The molecule has 0 fully saturated rings. The van der Waals surface area contributed by atoms with Crippen LogP contribution < -0.4 is 10.9 Å². The molecule has 0 bridgehead atoms. The van der Waals surface area contributed by atoms with Gasteiger partial charge in [-0.25, -0.2) is 4.98 Å². The van der Waals surface area contributed by atoms with Crippen LogP contribution in [0.3, 0.4) is 0 Å². The Morgan fingerprint density at radius 3 is 2.95 bits per heavy atom. The molecule has 2 heterocycles. The minimum absolute atomic E-state index is 0.0515. The Morgan fingerprint density at radius 1 is 1.53 bits per heavy atom. The summed E-state index contributed by atoms with van der Waals surface area (Å²) in [6.45, 7) is 6.11. The molecule has 0 aliphatic heterocycles. The third-order valence-corrected chi connectivity index (χ3v) is 3.83. The number of aryl methyl sites for hydroxylation is 2. The molecule has 0 aliphatic carbocycles. The number of nitrogens with one attached hydrogen (secondary N) is 1. The zero-order valence-electron chi connectivity index (χ0n) is 11.3. The van der Waals surface area contributed by atoms with Gasteiger partial charge in [-0.3, -0.25) is 14.2 Å². The Bertz CT molecular complexity index is 657. The van der Waals surface area contributed by atoms with Gasteiger partial charge in [0.05, 0.1) is 11.8 Å². The lowest BCUT2D eigenvalue weighted by Crippen LogP contribution is -2.32. The van der Waals surface area contributed by atoms with Crippen molar-refractivity contribution in [1.29, 1.82) is 0 Å². The van der Waals surface area contributed by atoms with Gasteiger partial charge >= 0.3 is 0 Å². The van der Waals surface area contributed by atoms with Crippen LogP contribution in [0.2, 0.25) is 0 Å². The Morgan fingerprint density at radius 2 is 2.26 bits per heavy atom. The molecule has 1 amide bonds. The van der Waals surface area contributed by atoms with Gasteiger partial charge in [0, 0.05) is 19.0 Å². The fraction of sp³-hybridized carbons (Fsp3) is 0.462. The highest BCUT2D eigenvalue weighted by atomic mass is 32.1. The standard InChI is InChI=1S/C13H17N3O2S/c1-8(2)15-10(17)4-5-16-7-14-11-9(3)6-19-12(11)13(16)18/h6-8H,4-5H2,1-3H3,(H,15,17). The summed E-state index contributed by atoms with van der Waals surface area (Å²) < 4.78 is 2.15. The summed E-state index contributed by atoms with van der Waals surface area (Å²) in [7, 11) is 0. The summed E-state index contributed by atoms with van der Waals surface area (Å²) in [4.78, 5) is 28.0. The molecule has 1 N–H and O–H groups in total. The number of hydrogen-bond donors (Lipinski definition) is 1. The highest BCUT2D eigenvalue weighted by Crippen LogP contribution is 2.19. The van der Waals surface area contributed by atoms with Gasteiger partial charge in [0.15, 0.2) is 0 Å². The first-order valence-corrected chi connectivity index (χ1v) is 7.09. The highest BCUT2D eigenvalue weighted by molar-refractivity contribution is 7.17. The van der Waals surface area contributed by atoms with E-state index in [9.17, 15) is 9.59 Å². The molecule has 0 aliphatic rings. The lowest BCUT2D eigenvalue weighted by molar-refractivity contribution is -0.121. The van der Waals surface area contributed by atoms with E-state index in [1.165, 1.54) is 22.2 Å². The summed E-state index contributed by atoms with van der Waals surface area (Å²) in [6.07, 6.45) is 1.81. The van der Waals surface area contributed by atoms with Gasteiger partial charge in [-0.15, -0.1) is 11.3 Å². The molecule has 2 aromatic rings. The first kappa shape index (κ1) is 13.7. The van der Waals surface area contributed by atoms with E-state index >= 15 is 0 Å². The van der Waals surface area contributed by atoms with Crippen molar-refractivity contribution < 1.29 is 4.79 Å². The van der Waals surface area contributed by atoms with Crippen LogP contribution in [0.25, 0.3) is 10.2 Å². The van der Waals surface area contributed by atoms with Gasteiger partial charge in [-0.1, -0.05) is 0 Å². The quantitative estimate of drug-likeness (QED) is 0.926. The van der Waals surface area contributed by atoms with Crippen molar-refractivity contribution in [1.82, 2.24) is 14.9 Å². The predicted octanol–water partition coefficient (Wildman–Crippen LogP) is 1.68. The third-order valence-electron chi connectivity index (χ3n) is 2.75. The van der Waals surface area contributed by atoms with E-state index in [2.05, 4.69) is 10.3 Å². The van der Waals surface area contributed by atoms with Crippen LogP contribution in [0, 0.1) is 6.92 Å². The van der Waals surface area contributed by atoms with Gasteiger partial charge in [-0.2, -0.15) is 0 Å². The molecule has 2 aromatic heterocycles. The Labute approximate surface area is 115 Å². The van der Waals surface area contributed by atoms with Crippen molar-refractivity contribution >= 4 is 27.5 Å². The molecule has 19 heavy (non-hydrogen) atoms. The first-order chi connectivity index (χ1) is 8.99. The lowest BCUT2D eigenvalue weighted by Gasteiger charge is -2.09. The molecule has 6 heteroatoms. The van der Waals surface area contributed by atoms with E-state index in [1.807, 2.05) is 26.2 Å². The van der Waals surface area contributed by atoms with Crippen molar-refractivity contribution in [2.24, 2.45) is 0 Å². The second-order valence-corrected chi connectivity index (χ2v) is 5.69. The number of carbonyl (C=O) groups is 1. The van der Waals surface area contributed by atoms with Gasteiger partial charge in [0.25, 0.3) is 5.56 Å². The minimum Gasteiger partial charge on any atom is -0.354 e. The van der Waals surface area contributed by atoms with Crippen LogP contribution in [0.15, 0.2) is 16.5 Å². The average Bonchev–Trinajstić information content (AvgIpc) is 2.70. The first-order valence-electron chi connectivity index (χ1n) is 6.21. The van der Waals surface area contributed by atoms with Gasteiger partial charge in [0.1, 0.15) is 4.70 Å². The third kappa shape index (κ3) is 3.01. The number of rotatable bonds is 4. The second-order valence-electron chi connectivity index (χ2n) is 4.81. The maximum Gasteiger partial charge on any atom is 0.271 e. The van der Waals surface area contributed by atoms with Crippen LogP contribution in [0.5, 0.6) is 0 Å². The topological polar surface area (TPSA) is 64.0 Å². The average molecular weight is 279 g/mol. The molecule has 0 saturated carbocycles. The Balaban J connectivity index is 2.16. The summed E-state index contributed by atoms with van der Waals surface area (Å²) >= 11 is 1.40. The molecule has 102 valence electrons. The molecule has 0 atom stereocenters. The Kier molecular flexibility index (Phi) is 3.99. The summed E-state index contributed by atoms with van der Waals surface area (Å²) in [5, 5.41) is 4.73.